The van der Waals surface area contributed by atoms with E-state index in [1.54, 1.807) is 0 Å². The maximum atomic E-state index is 4.37. The molecular formula is C11H18N2. The third kappa shape index (κ3) is 1.77. The zero-order chi connectivity index (χ0) is 9.10. The lowest BCUT2D eigenvalue weighted by Crippen LogP contribution is -2.15. The fourth-order valence-corrected chi connectivity index (χ4v) is 1.89. The van der Waals surface area contributed by atoms with Crippen molar-refractivity contribution in [3.05, 3.63) is 18.0 Å². The fourth-order valence-electron chi connectivity index (χ4n) is 1.89. The van der Waals surface area contributed by atoms with Gasteiger partial charge in [-0.05, 0) is 25.3 Å². The largest absolute Gasteiger partial charge is 0.269 e. The van der Waals surface area contributed by atoms with Crippen molar-refractivity contribution in [1.29, 1.82) is 0 Å². The first-order valence-electron chi connectivity index (χ1n) is 5.43. The van der Waals surface area contributed by atoms with Crippen LogP contribution in [0.4, 0.5) is 0 Å². The predicted molar refractivity (Wildman–Crippen MR) is 53.7 cm³/mol. The molecule has 72 valence electrons. The van der Waals surface area contributed by atoms with Gasteiger partial charge >= 0.3 is 0 Å². The smallest absolute Gasteiger partial charge is 0.0492 e. The Bertz CT molecular complexity index is 261. The first kappa shape index (κ1) is 8.79. The average Bonchev–Trinajstić information content (AvgIpc) is 2.46. The van der Waals surface area contributed by atoms with Crippen LogP contribution in [0.1, 0.15) is 50.6 Å². The van der Waals surface area contributed by atoms with Gasteiger partial charge in [0, 0.05) is 24.4 Å². The van der Waals surface area contributed by atoms with Crippen molar-refractivity contribution >= 4 is 0 Å². The van der Waals surface area contributed by atoms with Crippen LogP contribution in [0.2, 0.25) is 0 Å². The molecule has 1 aromatic heterocycles. The highest BCUT2D eigenvalue weighted by Crippen LogP contribution is 2.35. The summed E-state index contributed by atoms with van der Waals surface area (Å²) in [6.07, 6.45) is 8.61. The van der Waals surface area contributed by atoms with E-state index < -0.39 is 0 Å². The molecule has 1 heterocycles. The van der Waals surface area contributed by atoms with E-state index >= 15 is 0 Å². The van der Waals surface area contributed by atoms with Crippen molar-refractivity contribution in [2.75, 3.05) is 0 Å². The highest BCUT2D eigenvalue weighted by Gasteiger charge is 2.22. The molecule has 0 aliphatic heterocycles. The molecule has 0 atom stereocenters. The molecule has 0 spiro atoms. The van der Waals surface area contributed by atoms with Crippen LogP contribution in [0.15, 0.2) is 12.3 Å². The van der Waals surface area contributed by atoms with Crippen molar-refractivity contribution in [2.24, 2.45) is 0 Å². The summed E-state index contributed by atoms with van der Waals surface area (Å²) < 4.78 is 2.20. The van der Waals surface area contributed by atoms with E-state index in [1.807, 2.05) is 6.20 Å². The standard InChI is InChI=1S/C11H18N2/c1-2-3-9-13-11(7-8-12-13)10-5-4-6-10/h7-8,10H,2-6,9H2,1H3. The van der Waals surface area contributed by atoms with Crippen LogP contribution in [0.25, 0.3) is 0 Å². The molecule has 0 amide bonds. The minimum absolute atomic E-state index is 0.819. The molecule has 1 aromatic rings. The molecule has 2 nitrogen and oxygen atoms in total. The first-order chi connectivity index (χ1) is 6.42. The minimum atomic E-state index is 0.819. The van der Waals surface area contributed by atoms with E-state index in [0.717, 1.165) is 12.5 Å². The molecule has 0 saturated heterocycles. The van der Waals surface area contributed by atoms with E-state index in [4.69, 9.17) is 0 Å². The van der Waals surface area contributed by atoms with Crippen molar-refractivity contribution in [2.45, 2.75) is 51.5 Å². The lowest BCUT2D eigenvalue weighted by atomic mass is 9.83. The molecule has 0 aromatic carbocycles. The molecule has 1 saturated carbocycles. The predicted octanol–water partition coefficient (Wildman–Crippen LogP) is 2.95. The van der Waals surface area contributed by atoms with Gasteiger partial charge in [0.1, 0.15) is 0 Å². The number of aromatic nitrogens is 2. The van der Waals surface area contributed by atoms with Crippen LogP contribution in [-0.4, -0.2) is 9.78 Å². The van der Waals surface area contributed by atoms with Gasteiger partial charge in [0.2, 0.25) is 0 Å². The lowest BCUT2D eigenvalue weighted by Gasteiger charge is -2.26. The third-order valence-corrected chi connectivity index (χ3v) is 3.00. The Morgan fingerprint density at radius 3 is 3.00 bits per heavy atom. The molecule has 1 fully saturated rings. The number of unbranched alkanes of at least 4 members (excludes halogenated alkanes) is 1. The van der Waals surface area contributed by atoms with E-state index in [1.165, 1.54) is 37.8 Å². The summed E-state index contributed by atoms with van der Waals surface area (Å²) >= 11 is 0. The van der Waals surface area contributed by atoms with Crippen molar-refractivity contribution in [1.82, 2.24) is 9.78 Å². The molecule has 0 unspecified atom stereocenters. The Morgan fingerprint density at radius 1 is 1.54 bits per heavy atom. The Labute approximate surface area is 80.0 Å². The second-order valence-electron chi connectivity index (χ2n) is 3.96. The van der Waals surface area contributed by atoms with Gasteiger partial charge in [-0.3, -0.25) is 4.68 Å². The van der Waals surface area contributed by atoms with Gasteiger partial charge in [-0.2, -0.15) is 5.10 Å². The van der Waals surface area contributed by atoms with Gasteiger partial charge in [0.05, 0.1) is 0 Å². The van der Waals surface area contributed by atoms with Gasteiger partial charge in [-0.25, -0.2) is 0 Å². The fraction of sp³-hybridized carbons (Fsp3) is 0.727. The van der Waals surface area contributed by atoms with Crippen molar-refractivity contribution in [3.63, 3.8) is 0 Å². The van der Waals surface area contributed by atoms with Crippen LogP contribution in [0, 0.1) is 0 Å². The Hall–Kier alpha value is -0.790. The summed E-state index contributed by atoms with van der Waals surface area (Å²) in [4.78, 5) is 0. The molecule has 2 rings (SSSR count). The van der Waals surface area contributed by atoms with Crippen LogP contribution in [0.5, 0.6) is 0 Å². The first-order valence-corrected chi connectivity index (χ1v) is 5.43. The third-order valence-electron chi connectivity index (χ3n) is 3.00. The van der Waals surface area contributed by atoms with E-state index in [-0.39, 0.29) is 0 Å². The number of rotatable bonds is 4. The highest BCUT2D eigenvalue weighted by molar-refractivity contribution is 5.10. The van der Waals surface area contributed by atoms with E-state index in [0.29, 0.717) is 0 Å². The zero-order valence-electron chi connectivity index (χ0n) is 8.37. The van der Waals surface area contributed by atoms with Crippen LogP contribution in [0.3, 0.4) is 0 Å². The van der Waals surface area contributed by atoms with Crippen molar-refractivity contribution in [3.8, 4) is 0 Å². The van der Waals surface area contributed by atoms with Crippen LogP contribution >= 0.6 is 0 Å². The minimum Gasteiger partial charge on any atom is -0.269 e. The summed E-state index contributed by atoms with van der Waals surface area (Å²) in [5.74, 6) is 0.819. The molecular weight excluding hydrogens is 160 g/mol. The molecule has 13 heavy (non-hydrogen) atoms. The normalized spacial score (nSPS) is 17.3. The Balaban J connectivity index is 2.02. The number of hydrogen-bond donors (Lipinski definition) is 0. The summed E-state index contributed by atoms with van der Waals surface area (Å²) in [6, 6.07) is 2.19. The average molecular weight is 178 g/mol. The quantitative estimate of drug-likeness (QED) is 0.693. The Morgan fingerprint density at radius 2 is 2.38 bits per heavy atom. The van der Waals surface area contributed by atoms with Crippen LogP contribution in [-0.2, 0) is 6.54 Å². The lowest BCUT2D eigenvalue weighted by molar-refractivity contribution is 0.385. The Kier molecular flexibility index (Phi) is 2.67. The number of aryl methyl sites for hydroxylation is 1. The van der Waals surface area contributed by atoms with Crippen LogP contribution < -0.4 is 0 Å². The molecule has 0 N–H and O–H groups in total. The molecule has 1 aliphatic rings. The van der Waals surface area contributed by atoms with Gasteiger partial charge in [0.25, 0.3) is 0 Å². The van der Waals surface area contributed by atoms with E-state index in [9.17, 15) is 0 Å². The second kappa shape index (κ2) is 3.95. The number of hydrogen-bond acceptors (Lipinski definition) is 1. The highest BCUT2D eigenvalue weighted by atomic mass is 15.3. The van der Waals surface area contributed by atoms with E-state index in [2.05, 4.69) is 22.8 Å². The topological polar surface area (TPSA) is 17.8 Å². The monoisotopic (exact) mass is 178 g/mol. The summed E-state index contributed by atoms with van der Waals surface area (Å²) in [5, 5.41) is 4.37. The summed E-state index contributed by atoms with van der Waals surface area (Å²) in [5.41, 5.74) is 1.47. The summed E-state index contributed by atoms with van der Waals surface area (Å²) in [7, 11) is 0. The van der Waals surface area contributed by atoms with Gasteiger partial charge in [0.15, 0.2) is 0 Å². The number of nitrogens with zero attached hydrogens (tertiary/aromatic N) is 2. The molecule has 0 radical (unpaired) electrons. The zero-order valence-corrected chi connectivity index (χ0v) is 8.37. The maximum Gasteiger partial charge on any atom is 0.0492 e. The van der Waals surface area contributed by atoms with Gasteiger partial charge in [-0.15, -0.1) is 0 Å². The second-order valence-corrected chi connectivity index (χ2v) is 3.96. The maximum absolute atomic E-state index is 4.37. The SMILES string of the molecule is CCCCn1nccc1C1CCC1. The molecule has 1 aliphatic carbocycles. The van der Waals surface area contributed by atoms with Crippen molar-refractivity contribution < 1.29 is 0 Å². The van der Waals surface area contributed by atoms with Gasteiger partial charge in [-0.1, -0.05) is 19.8 Å². The summed E-state index contributed by atoms with van der Waals surface area (Å²) in [6.45, 7) is 3.34. The molecule has 2 heteroatoms. The van der Waals surface area contributed by atoms with Gasteiger partial charge < -0.3 is 0 Å². The molecule has 0 bridgehead atoms.